The number of methoxy groups -OCH3 is 1. The van der Waals surface area contributed by atoms with Crippen molar-refractivity contribution in [3.05, 3.63) is 52.5 Å². The average Bonchev–Trinajstić information content (AvgIpc) is 2.69. The van der Waals surface area contributed by atoms with Gasteiger partial charge in [-0.15, -0.1) is 0 Å². The summed E-state index contributed by atoms with van der Waals surface area (Å²) in [6.45, 7) is 3.50. The third kappa shape index (κ3) is 6.56. The highest BCUT2D eigenvalue weighted by molar-refractivity contribution is 7.88. The largest absolute Gasteiger partial charge is 0.534 e. The SMILES string of the molecule is COC(=O)C(CC(C)C)c1cc(OS(=O)(=O)C(F)(F)F)cc(-c2ccc(Cl)c(C(F)(F)F)c2)c1. The zero-order valence-corrected chi connectivity index (χ0v) is 19.5. The van der Waals surface area contributed by atoms with Crippen molar-refractivity contribution in [2.24, 2.45) is 5.92 Å². The number of rotatable bonds is 7. The van der Waals surface area contributed by atoms with Crippen molar-refractivity contribution < 1.29 is 48.5 Å². The minimum Gasteiger partial charge on any atom is -0.469 e. The first-order valence-electron chi connectivity index (χ1n) is 9.57. The van der Waals surface area contributed by atoms with Crippen LogP contribution >= 0.6 is 11.6 Å². The van der Waals surface area contributed by atoms with Crippen molar-refractivity contribution in [2.45, 2.75) is 37.9 Å². The van der Waals surface area contributed by atoms with Crippen LogP contribution in [0, 0.1) is 5.92 Å². The fourth-order valence-electron chi connectivity index (χ4n) is 3.12. The molecule has 0 aliphatic carbocycles. The Kier molecular flexibility index (Phi) is 8.19. The minimum atomic E-state index is -6.10. The van der Waals surface area contributed by atoms with Crippen molar-refractivity contribution >= 4 is 27.7 Å². The maximum atomic E-state index is 13.3. The zero-order valence-electron chi connectivity index (χ0n) is 17.9. The molecular weight excluding hydrogens is 514 g/mol. The van der Waals surface area contributed by atoms with E-state index in [0.717, 1.165) is 31.4 Å². The topological polar surface area (TPSA) is 69.7 Å². The molecule has 34 heavy (non-hydrogen) atoms. The van der Waals surface area contributed by atoms with E-state index in [9.17, 15) is 39.6 Å². The predicted octanol–water partition coefficient (Wildman–Crippen LogP) is 6.56. The lowest BCUT2D eigenvalue weighted by Crippen LogP contribution is -2.28. The molecule has 2 aromatic carbocycles. The summed E-state index contributed by atoms with van der Waals surface area (Å²) in [5.74, 6) is -2.78. The van der Waals surface area contributed by atoms with Crippen LogP contribution in [0.15, 0.2) is 36.4 Å². The normalized spacial score (nSPS) is 13.6. The fourth-order valence-corrected chi connectivity index (χ4v) is 3.78. The van der Waals surface area contributed by atoms with Gasteiger partial charge in [-0.1, -0.05) is 37.6 Å². The maximum Gasteiger partial charge on any atom is 0.534 e. The van der Waals surface area contributed by atoms with Gasteiger partial charge in [0.1, 0.15) is 5.75 Å². The van der Waals surface area contributed by atoms with Gasteiger partial charge in [-0.05, 0) is 53.3 Å². The molecule has 0 saturated heterocycles. The number of ether oxygens (including phenoxy) is 1. The average molecular weight is 533 g/mol. The van der Waals surface area contributed by atoms with Crippen molar-refractivity contribution in [2.75, 3.05) is 7.11 Å². The van der Waals surface area contributed by atoms with Gasteiger partial charge in [0.05, 0.1) is 23.6 Å². The number of carbonyl (C=O) groups excluding carboxylic acids is 1. The summed E-state index contributed by atoms with van der Waals surface area (Å²) in [6.07, 6.45) is -4.69. The predicted molar refractivity (Wildman–Crippen MR) is 112 cm³/mol. The Labute approximate surface area is 196 Å². The highest BCUT2D eigenvalue weighted by atomic mass is 35.5. The van der Waals surface area contributed by atoms with Crippen LogP contribution in [-0.4, -0.2) is 27.0 Å². The van der Waals surface area contributed by atoms with Crippen LogP contribution in [0.3, 0.4) is 0 Å². The molecule has 1 atom stereocenters. The maximum absolute atomic E-state index is 13.3. The van der Waals surface area contributed by atoms with Crippen LogP contribution in [0.2, 0.25) is 5.02 Å². The van der Waals surface area contributed by atoms with Crippen molar-refractivity contribution in [3.8, 4) is 16.9 Å². The summed E-state index contributed by atoms with van der Waals surface area (Å²) in [5, 5.41) is -0.615. The van der Waals surface area contributed by atoms with Crippen LogP contribution < -0.4 is 4.18 Å². The molecule has 1 unspecified atom stereocenters. The van der Waals surface area contributed by atoms with Gasteiger partial charge in [0.2, 0.25) is 0 Å². The van der Waals surface area contributed by atoms with E-state index in [1.807, 2.05) is 0 Å². The lowest BCUT2D eigenvalue weighted by atomic mass is 9.88. The van der Waals surface area contributed by atoms with E-state index in [1.54, 1.807) is 13.8 Å². The van der Waals surface area contributed by atoms with Crippen LogP contribution in [0.4, 0.5) is 26.3 Å². The third-order valence-electron chi connectivity index (χ3n) is 4.62. The molecule has 5 nitrogen and oxygen atoms in total. The first-order valence-corrected chi connectivity index (χ1v) is 11.4. The van der Waals surface area contributed by atoms with E-state index in [-0.39, 0.29) is 29.0 Å². The second-order valence-electron chi connectivity index (χ2n) is 7.67. The zero-order chi connectivity index (χ0) is 26.1. The molecule has 0 spiro atoms. The Morgan fingerprint density at radius 3 is 2.12 bits per heavy atom. The highest BCUT2D eigenvalue weighted by Crippen LogP contribution is 2.40. The molecule has 2 rings (SSSR count). The number of esters is 1. The second kappa shape index (κ2) is 10.0. The number of halogens is 7. The van der Waals surface area contributed by atoms with Gasteiger partial charge in [0.15, 0.2) is 0 Å². The summed E-state index contributed by atoms with van der Waals surface area (Å²) in [4.78, 5) is 12.4. The van der Waals surface area contributed by atoms with Crippen molar-refractivity contribution in [3.63, 3.8) is 0 Å². The van der Waals surface area contributed by atoms with Crippen molar-refractivity contribution in [1.29, 1.82) is 0 Å². The Morgan fingerprint density at radius 1 is 1.00 bits per heavy atom. The molecule has 0 amide bonds. The van der Waals surface area contributed by atoms with Gasteiger partial charge in [0.25, 0.3) is 0 Å². The number of alkyl halides is 6. The Morgan fingerprint density at radius 2 is 1.62 bits per heavy atom. The molecule has 0 N–H and O–H groups in total. The number of hydrogen-bond acceptors (Lipinski definition) is 5. The van der Waals surface area contributed by atoms with Crippen LogP contribution in [0.5, 0.6) is 5.75 Å². The molecule has 188 valence electrons. The molecule has 0 aliphatic rings. The van der Waals surface area contributed by atoms with Crippen molar-refractivity contribution in [1.82, 2.24) is 0 Å². The summed E-state index contributed by atoms with van der Waals surface area (Å²) in [6, 6.07) is 5.72. The van der Waals surface area contributed by atoms with E-state index in [1.165, 1.54) is 6.07 Å². The van der Waals surface area contributed by atoms with Gasteiger partial charge in [-0.3, -0.25) is 4.79 Å². The van der Waals surface area contributed by atoms with Gasteiger partial charge in [0, 0.05) is 0 Å². The molecule has 0 fully saturated rings. The molecule has 0 saturated carbocycles. The van der Waals surface area contributed by atoms with Crippen LogP contribution in [0.25, 0.3) is 11.1 Å². The number of carbonyl (C=O) groups is 1. The summed E-state index contributed by atoms with van der Waals surface area (Å²) < 4.78 is 111. The fraction of sp³-hybridized carbons (Fsp3) is 0.381. The summed E-state index contributed by atoms with van der Waals surface area (Å²) >= 11 is 5.63. The second-order valence-corrected chi connectivity index (χ2v) is 9.62. The Bertz CT molecular complexity index is 1160. The number of hydrogen-bond donors (Lipinski definition) is 0. The van der Waals surface area contributed by atoms with Gasteiger partial charge in [-0.2, -0.15) is 34.8 Å². The van der Waals surface area contributed by atoms with E-state index >= 15 is 0 Å². The Hall–Kier alpha value is -2.47. The minimum absolute atomic E-state index is 0.00562. The first-order chi connectivity index (χ1) is 15.5. The highest BCUT2D eigenvalue weighted by Gasteiger charge is 2.48. The molecule has 0 heterocycles. The van der Waals surface area contributed by atoms with Crippen LogP contribution in [-0.2, 0) is 25.8 Å². The van der Waals surface area contributed by atoms with E-state index in [4.69, 9.17) is 16.3 Å². The van der Waals surface area contributed by atoms with Crippen LogP contribution in [0.1, 0.15) is 37.3 Å². The molecule has 0 aliphatic heterocycles. The molecule has 0 aromatic heterocycles. The van der Waals surface area contributed by atoms with E-state index in [2.05, 4.69) is 4.18 Å². The van der Waals surface area contributed by atoms with E-state index < -0.39 is 50.0 Å². The summed E-state index contributed by atoms with van der Waals surface area (Å²) in [7, 11) is -5.01. The quantitative estimate of drug-likeness (QED) is 0.175. The number of benzene rings is 2. The lowest BCUT2D eigenvalue weighted by Gasteiger charge is -2.20. The monoisotopic (exact) mass is 532 g/mol. The molecule has 0 bridgehead atoms. The summed E-state index contributed by atoms with van der Waals surface area (Å²) in [5.41, 5.74) is -7.26. The molecule has 2 aromatic rings. The van der Waals surface area contributed by atoms with E-state index in [0.29, 0.717) is 6.07 Å². The molecular formula is C21H19ClF6O5S. The standard InChI is InChI=1S/C21H19ClF6O5S/c1-11(2)6-16(19(29)32-3)14-7-13(8-15(9-14)33-34(30,31)21(26,27)28)12-4-5-18(22)17(10-12)20(23,24)25/h4-5,7-11,16H,6H2,1-3H3. The van der Waals surface area contributed by atoms with Gasteiger partial charge >= 0.3 is 27.8 Å². The van der Waals surface area contributed by atoms with Gasteiger partial charge in [-0.25, -0.2) is 0 Å². The molecule has 13 heteroatoms. The third-order valence-corrected chi connectivity index (χ3v) is 5.93. The van der Waals surface area contributed by atoms with Gasteiger partial charge < -0.3 is 8.92 Å². The molecule has 0 radical (unpaired) electrons. The smallest absolute Gasteiger partial charge is 0.469 e. The Balaban J connectivity index is 2.76. The first kappa shape index (κ1) is 27.8. The lowest BCUT2D eigenvalue weighted by molar-refractivity contribution is -0.143.